The summed E-state index contributed by atoms with van der Waals surface area (Å²) in [5, 5.41) is 3.05. The molecule has 0 spiro atoms. The van der Waals surface area contributed by atoms with Crippen molar-refractivity contribution >= 4 is 44.9 Å². The van der Waals surface area contributed by atoms with Crippen molar-refractivity contribution in [2.75, 3.05) is 22.8 Å². The van der Waals surface area contributed by atoms with Crippen LogP contribution in [0, 0.1) is 13.8 Å². The van der Waals surface area contributed by atoms with Gasteiger partial charge in [-0.05, 0) is 74.4 Å². The number of hydrogen-bond acceptors (Lipinski definition) is 5. The molecule has 0 radical (unpaired) electrons. The van der Waals surface area contributed by atoms with Crippen molar-refractivity contribution in [1.29, 1.82) is 0 Å². The SMILES string of the molecule is CCCCOC(=O)c1ccc(NC(=O)CN(c2cc(Cl)ccc2C)S(=O)(=O)c2ccc(C)cc2)cc1. The molecule has 1 amide bonds. The van der Waals surface area contributed by atoms with E-state index < -0.39 is 28.4 Å². The average molecular weight is 529 g/mol. The predicted molar refractivity (Wildman–Crippen MR) is 142 cm³/mol. The molecule has 0 atom stereocenters. The van der Waals surface area contributed by atoms with Crippen LogP contribution in [0.3, 0.4) is 0 Å². The van der Waals surface area contributed by atoms with Gasteiger partial charge in [-0.1, -0.05) is 48.7 Å². The first-order valence-corrected chi connectivity index (χ1v) is 13.4. The lowest BCUT2D eigenvalue weighted by atomic mass is 10.2. The van der Waals surface area contributed by atoms with Crippen LogP contribution in [-0.2, 0) is 19.6 Å². The molecule has 0 saturated carbocycles. The molecule has 190 valence electrons. The number of benzene rings is 3. The maximum Gasteiger partial charge on any atom is 0.338 e. The van der Waals surface area contributed by atoms with Crippen molar-refractivity contribution in [3.8, 4) is 0 Å². The number of nitrogens with zero attached hydrogens (tertiary/aromatic N) is 1. The van der Waals surface area contributed by atoms with Crippen LogP contribution in [0.1, 0.15) is 41.3 Å². The molecule has 0 saturated heterocycles. The minimum absolute atomic E-state index is 0.0613. The number of hydrogen-bond donors (Lipinski definition) is 1. The van der Waals surface area contributed by atoms with Gasteiger partial charge in [0.2, 0.25) is 5.91 Å². The van der Waals surface area contributed by atoms with Crippen molar-refractivity contribution in [3.05, 3.63) is 88.4 Å². The summed E-state index contributed by atoms with van der Waals surface area (Å²) < 4.78 is 33.4. The predicted octanol–water partition coefficient (Wildman–Crippen LogP) is 5.75. The highest BCUT2D eigenvalue weighted by atomic mass is 35.5. The minimum Gasteiger partial charge on any atom is -0.462 e. The quantitative estimate of drug-likeness (QED) is 0.267. The maximum absolute atomic E-state index is 13.6. The fourth-order valence-electron chi connectivity index (χ4n) is 3.40. The Balaban J connectivity index is 1.83. The van der Waals surface area contributed by atoms with Gasteiger partial charge in [0.15, 0.2) is 0 Å². The minimum atomic E-state index is -4.07. The molecule has 0 heterocycles. The summed E-state index contributed by atoms with van der Waals surface area (Å²) >= 11 is 6.16. The lowest BCUT2D eigenvalue weighted by Crippen LogP contribution is -2.38. The zero-order valence-corrected chi connectivity index (χ0v) is 22.0. The lowest BCUT2D eigenvalue weighted by molar-refractivity contribution is -0.114. The molecular weight excluding hydrogens is 500 g/mol. The summed E-state index contributed by atoms with van der Waals surface area (Å²) in [5.74, 6) is -0.989. The topological polar surface area (TPSA) is 92.8 Å². The van der Waals surface area contributed by atoms with E-state index in [1.165, 1.54) is 18.2 Å². The highest BCUT2D eigenvalue weighted by Gasteiger charge is 2.28. The Morgan fingerprint density at radius 2 is 1.64 bits per heavy atom. The Kier molecular flexibility index (Phi) is 9.12. The molecular formula is C27H29ClN2O5S. The van der Waals surface area contributed by atoms with E-state index in [9.17, 15) is 18.0 Å². The van der Waals surface area contributed by atoms with Crippen LogP contribution in [0.25, 0.3) is 0 Å². The molecule has 3 aromatic rings. The van der Waals surface area contributed by atoms with Crippen molar-refractivity contribution in [3.63, 3.8) is 0 Å². The van der Waals surface area contributed by atoms with E-state index >= 15 is 0 Å². The summed E-state index contributed by atoms with van der Waals surface area (Å²) in [6.07, 6.45) is 1.71. The van der Waals surface area contributed by atoms with Crippen LogP contribution in [0.15, 0.2) is 71.6 Å². The van der Waals surface area contributed by atoms with Gasteiger partial charge in [0.25, 0.3) is 10.0 Å². The number of sulfonamides is 1. The number of unbranched alkanes of at least 4 members (excludes halogenated alkanes) is 1. The smallest absolute Gasteiger partial charge is 0.338 e. The van der Waals surface area contributed by atoms with Crippen LogP contribution in [0.5, 0.6) is 0 Å². The van der Waals surface area contributed by atoms with Crippen LogP contribution >= 0.6 is 11.6 Å². The maximum atomic E-state index is 13.6. The van der Waals surface area contributed by atoms with Gasteiger partial charge in [-0.3, -0.25) is 9.10 Å². The third kappa shape index (κ3) is 6.86. The van der Waals surface area contributed by atoms with E-state index in [2.05, 4.69) is 5.32 Å². The summed E-state index contributed by atoms with van der Waals surface area (Å²) in [6, 6.07) is 17.5. The molecule has 9 heteroatoms. The first-order chi connectivity index (χ1) is 17.1. The molecule has 0 fully saturated rings. The number of ether oxygens (including phenoxy) is 1. The molecule has 0 aliphatic carbocycles. The van der Waals surface area contributed by atoms with Crippen molar-refractivity contribution < 1.29 is 22.7 Å². The summed E-state index contributed by atoms with van der Waals surface area (Å²) in [7, 11) is -4.07. The summed E-state index contributed by atoms with van der Waals surface area (Å²) in [6.45, 7) is 5.49. The van der Waals surface area contributed by atoms with Gasteiger partial charge in [0.05, 0.1) is 22.8 Å². The van der Waals surface area contributed by atoms with Gasteiger partial charge >= 0.3 is 5.97 Å². The number of aryl methyl sites for hydroxylation is 2. The molecule has 0 bridgehead atoms. The van der Waals surface area contributed by atoms with E-state index in [-0.39, 0.29) is 4.90 Å². The normalized spacial score (nSPS) is 11.1. The molecule has 36 heavy (non-hydrogen) atoms. The van der Waals surface area contributed by atoms with Gasteiger partial charge in [0.1, 0.15) is 6.54 Å². The molecule has 0 aliphatic rings. The molecule has 1 N–H and O–H groups in total. The molecule has 3 rings (SSSR count). The highest BCUT2D eigenvalue weighted by molar-refractivity contribution is 7.92. The standard InChI is InChI=1S/C27H29ClN2O5S/c1-4-5-16-35-27(32)21-9-12-23(13-10-21)29-26(31)18-30(25-17-22(28)11-8-20(25)3)36(33,34)24-14-6-19(2)7-15-24/h6-15,17H,4-5,16,18H2,1-3H3,(H,29,31). The van der Waals surface area contributed by atoms with Crippen LogP contribution < -0.4 is 9.62 Å². The van der Waals surface area contributed by atoms with E-state index in [0.29, 0.717) is 34.1 Å². The van der Waals surface area contributed by atoms with E-state index in [4.69, 9.17) is 16.3 Å². The number of carbonyl (C=O) groups is 2. The van der Waals surface area contributed by atoms with E-state index in [0.717, 1.165) is 22.7 Å². The van der Waals surface area contributed by atoms with E-state index in [1.807, 2.05) is 13.8 Å². The van der Waals surface area contributed by atoms with Crippen molar-refractivity contribution in [2.24, 2.45) is 0 Å². The molecule has 0 aliphatic heterocycles. The summed E-state index contributed by atoms with van der Waals surface area (Å²) in [5.41, 5.74) is 2.65. The third-order valence-electron chi connectivity index (χ3n) is 5.47. The first kappa shape index (κ1) is 27.2. The highest BCUT2D eigenvalue weighted by Crippen LogP contribution is 2.29. The number of esters is 1. The van der Waals surface area contributed by atoms with Crippen LogP contribution in [0.4, 0.5) is 11.4 Å². The van der Waals surface area contributed by atoms with Gasteiger partial charge in [-0.15, -0.1) is 0 Å². The number of carbonyl (C=O) groups excluding carboxylic acids is 2. The monoisotopic (exact) mass is 528 g/mol. The lowest BCUT2D eigenvalue weighted by Gasteiger charge is -2.26. The number of anilines is 2. The molecule has 7 nitrogen and oxygen atoms in total. The van der Waals surface area contributed by atoms with Gasteiger partial charge in [-0.2, -0.15) is 0 Å². The molecule has 0 unspecified atom stereocenters. The Bertz CT molecular complexity index is 1320. The second-order valence-electron chi connectivity index (χ2n) is 8.37. The zero-order chi connectivity index (χ0) is 26.3. The average Bonchev–Trinajstić information content (AvgIpc) is 2.85. The second kappa shape index (κ2) is 12.1. The van der Waals surface area contributed by atoms with Crippen molar-refractivity contribution in [2.45, 2.75) is 38.5 Å². The van der Waals surface area contributed by atoms with E-state index in [1.54, 1.807) is 55.5 Å². The summed E-state index contributed by atoms with van der Waals surface area (Å²) in [4.78, 5) is 25.1. The number of rotatable bonds is 10. The Morgan fingerprint density at radius 3 is 2.28 bits per heavy atom. The fourth-order valence-corrected chi connectivity index (χ4v) is 5.05. The molecule has 0 aromatic heterocycles. The Hall–Kier alpha value is -3.36. The third-order valence-corrected chi connectivity index (χ3v) is 7.48. The Morgan fingerprint density at radius 1 is 0.972 bits per heavy atom. The van der Waals surface area contributed by atoms with Gasteiger partial charge < -0.3 is 10.1 Å². The van der Waals surface area contributed by atoms with Gasteiger partial charge in [0, 0.05) is 10.7 Å². The largest absolute Gasteiger partial charge is 0.462 e. The Labute approximate surface area is 217 Å². The number of nitrogens with one attached hydrogen (secondary N) is 1. The van der Waals surface area contributed by atoms with Crippen LogP contribution in [-0.4, -0.2) is 33.4 Å². The van der Waals surface area contributed by atoms with Crippen LogP contribution in [0.2, 0.25) is 5.02 Å². The van der Waals surface area contributed by atoms with Gasteiger partial charge in [-0.25, -0.2) is 13.2 Å². The second-order valence-corrected chi connectivity index (χ2v) is 10.7. The number of halogens is 1. The number of amides is 1. The molecule has 3 aromatic carbocycles. The first-order valence-electron chi connectivity index (χ1n) is 11.5. The van der Waals surface area contributed by atoms with Crippen molar-refractivity contribution in [1.82, 2.24) is 0 Å². The fraction of sp³-hybridized carbons (Fsp3) is 0.259. The zero-order valence-electron chi connectivity index (χ0n) is 20.5.